The van der Waals surface area contributed by atoms with Gasteiger partial charge in [0.25, 0.3) is 0 Å². The van der Waals surface area contributed by atoms with Gasteiger partial charge in [0.15, 0.2) is 0 Å². The van der Waals surface area contributed by atoms with Gasteiger partial charge in [0.05, 0.1) is 0 Å². The molecule has 0 aliphatic rings. The Kier molecular flexibility index (Phi) is 2.74. The molecule has 50 valence electrons. The minimum absolute atomic E-state index is 0. The van der Waals surface area contributed by atoms with E-state index in [9.17, 15) is 0 Å². The van der Waals surface area contributed by atoms with Gasteiger partial charge in [-0.05, 0) is 19.1 Å². The van der Waals surface area contributed by atoms with Gasteiger partial charge in [0, 0.05) is 0 Å². The number of rotatable bonds is 0. The van der Waals surface area contributed by atoms with Crippen molar-refractivity contribution in [2.75, 3.05) is 0 Å². The van der Waals surface area contributed by atoms with E-state index in [0.29, 0.717) is 5.75 Å². The highest BCUT2D eigenvalue weighted by Crippen LogP contribution is 2.07. The topological polar surface area (TPSA) is 51.7 Å². The molecular formula is C7H10O2. The van der Waals surface area contributed by atoms with Gasteiger partial charge in [-0.2, -0.15) is 0 Å². The van der Waals surface area contributed by atoms with E-state index in [1.807, 2.05) is 19.1 Å². The first-order valence-electron chi connectivity index (χ1n) is 2.54. The second-order valence-electron chi connectivity index (χ2n) is 1.84. The summed E-state index contributed by atoms with van der Waals surface area (Å²) in [7, 11) is 0. The number of hydrogen-bond donors (Lipinski definition) is 1. The van der Waals surface area contributed by atoms with Crippen molar-refractivity contribution in [1.29, 1.82) is 0 Å². The van der Waals surface area contributed by atoms with Crippen LogP contribution in [0.25, 0.3) is 0 Å². The predicted molar refractivity (Wildman–Crippen MR) is 36.5 cm³/mol. The number of aryl methyl sites for hydroxylation is 1. The average Bonchev–Trinajstić information content (AvgIpc) is 1.77. The van der Waals surface area contributed by atoms with Crippen LogP contribution in [0.4, 0.5) is 0 Å². The molecule has 0 aromatic heterocycles. The summed E-state index contributed by atoms with van der Waals surface area (Å²) in [5.74, 6) is 0.329. The van der Waals surface area contributed by atoms with Gasteiger partial charge in [-0.3, -0.25) is 0 Å². The molecule has 0 saturated carbocycles. The Hall–Kier alpha value is -1.02. The van der Waals surface area contributed by atoms with E-state index in [0.717, 1.165) is 0 Å². The predicted octanol–water partition coefficient (Wildman–Crippen LogP) is 0.876. The molecule has 1 rings (SSSR count). The van der Waals surface area contributed by atoms with Gasteiger partial charge in [-0.15, -0.1) is 0 Å². The molecule has 0 aliphatic heterocycles. The molecule has 3 N–H and O–H groups in total. The summed E-state index contributed by atoms with van der Waals surface area (Å²) in [5.41, 5.74) is 1.17. The first kappa shape index (κ1) is 7.98. The number of hydrogen-bond acceptors (Lipinski definition) is 1. The summed E-state index contributed by atoms with van der Waals surface area (Å²) < 4.78 is 0. The zero-order valence-corrected chi connectivity index (χ0v) is 5.26. The monoisotopic (exact) mass is 126 g/mol. The van der Waals surface area contributed by atoms with Gasteiger partial charge < -0.3 is 10.6 Å². The van der Waals surface area contributed by atoms with Crippen molar-refractivity contribution in [3.63, 3.8) is 0 Å². The van der Waals surface area contributed by atoms with E-state index < -0.39 is 0 Å². The van der Waals surface area contributed by atoms with Crippen LogP contribution >= 0.6 is 0 Å². The molecular weight excluding hydrogens is 116 g/mol. The molecule has 0 amide bonds. The molecule has 0 spiro atoms. The summed E-state index contributed by atoms with van der Waals surface area (Å²) in [5, 5.41) is 8.76. The first-order valence-corrected chi connectivity index (χ1v) is 2.54. The largest absolute Gasteiger partial charge is 0.508 e. The fourth-order valence-corrected chi connectivity index (χ4v) is 0.545. The minimum Gasteiger partial charge on any atom is -0.508 e. The molecule has 0 bridgehead atoms. The highest BCUT2D eigenvalue weighted by atomic mass is 16.3. The molecule has 0 atom stereocenters. The molecule has 0 aliphatic carbocycles. The van der Waals surface area contributed by atoms with Crippen LogP contribution in [0, 0.1) is 6.92 Å². The van der Waals surface area contributed by atoms with Crippen LogP contribution < -0.4 is 0 Å². The fraction of sp³-hybridized carbons (Fsp3) is 0.143. The zero-order chi connectivity index (χ0) is 5.98. The Morgan fingerprint density at radius 2 is 1.56 bits per heavy atom. The van der Waals surface area contributed by atoms with Crippen LogP contribution in [0.2, 0.25) is 0 Å². The lowest BCUT2D eigenvalue weighted by atomic mass is 10.2. The van der Waals surface area contributed by atoms with Gasteiger partial charge >= 0.3 is 0 Å². The van der Waals surface area contributed by atoms with Crippen molar-refractivity contribution in [2.45, 2.75) is 6.92 Å². The summed E-state index contributed by atoms with van der Waals surface area (Å²) in [6, 6.07) is 7.09. The highest BCUT2D eigenvalue weighted by Gasteiger charge is 1.82. The van der Waals surface area contributed by atoms with E-state index >= 15 is 0 Å². The SMILES string of the molecule is Cc1ccc(O)cc1.O. The molecule has 0 unspecified atom stereocenters. The van der Waals surface area contributed by atoms with E-state index in [2.05, 4.69) is 0 Å². The Morgan fingerprint density at radius 1 is 1.11 bits per heavy atom. The lowest BCUT2D eigenvalue weighted by Crippen LogP contribution is -1.66. The van der Waals surface area contributed by atoms with Crippen molar-refractivity contribution in [3.05, 3.63) is 29.8 Å². The molecule has 2 nitrogen and oxygen atoms in total. The summed E-state index contributed by atoms with van der Waals surface area (Å²) in [6.07, 6.45) is 0. The van der Waals surface area contributed by atoms with Gasteiger partial charge in [-0.1, -0.05) is 17.7 Å². The third kappa shape index (κ3) is 2.15. The van der Waals surface area contributed by atoms with Crippen LogP contribution in [-0.4, -0.2) is 10.6 Å². The van der Waals surface area contributed by atoms with Crippen molar-refractivity contribution in [3.8, 4) is 5.75 Å². The van der Waals surface area contributed by atoms with Crippen LogP contribution in [-0.2, 0) is 0 Å². The average molecular weight is 126 g/mol. The molecule has 0 fully saturated rings. The summed E-state index contributed by atoms with van der Waals surface area (Å²) in [6.45, 7) is 1.99. The maximum Gasteiger partial charge on any atom is 0.115 e. The summed E-state index contributed by atoms with van der Waals surface area (Å²) in [4.78, 5) is 0. The van der Waals surface area contributed by atoms with E-state index in [1.54, 1.807) is 12.1 Å². The van der Waals surface area contributed by atoms with Crippen LogP contribution in [0.15, 0.2) is 24.3 Å². The Morgan fingerprint density at radius 3 is 1.89 bits per heavy atom. The van der Waals surface area contributed by atoms with Crippen molar-refractivity contribution < 1.29 is 10.6 Å². The molecule has 0 radical (unpaired) electrons. The fourth-order valence-electron chi connectivity index (χ4n) is 0.545. The maximum atomic E-state index is 8.76. The van der Waals surface area contributed by atoms with Crippen LogP contribution in [0.1, 0.15) is 5.56 Å². The van der Waals surface area contributed by atoms with Crippen molar-refractivity contribution >= 4 is 0 Å². The number of phenols is 1. The normalized spacial score (nSPS) is 8.11. The quantitative estimate of drug-likeness (QED) is 0.551. The van der Waals surface area contributed by atoms with Crippen molar-refractivity contribution in [1.82, 2.24) is 0 Å². The van der Waals surface area contributed by atoms with Crippen LogP contribution in [0.3, 0.4) is 0 Å². The molecule has 0 heterocycles. The van der Waals surface area contributed by atoms with E-state index in [-0.39, 0.29) is 5.48 Å². The first-order chi connectivity index (χ1) is 3.79. The maximum absolute atomic E-state index is 8.76. The summed E-state index contributed by atoms with van der Waals surface area (Å²) >= 11 is 0. The Labute approximate surface area is 54.1 Å². The number of benzene rings is 1. The smallest absolute Gasteiger partial charge is 0.115 e. The molecule has 9 heavy (non-hydrogen) atoms. The number of phenolic OH excluding ortho intramolecular Hbond substituents is 1. The standard InChI is InChI=1S/C7H8O.H2O/c1-6-2-4-7(8)5-3-6;/h2-5,8H,1H3;1H2. The highest BCUT2D eigenvalue weighted by molar-refractivity contribution is 5.24. The van der Waals surface area contributed by atoms with E-state index in [4.69, 9.17) is 5.11 Å². The Bertz CT molecular complexity index is 146. The minimum atomic E-state index is 0. The van der Waals surface area contributed by atoms with Gasteiger partial charge in [-0.25, -0.2) is 0 Å². The Balaban J connectivity index is 0.000000640. The zero-order valence-electron chi connectivity index (χ0n) is 5.26. The van der Waals surface area contributed by atoms with Gasteiger partial charge in [0.1, 0.15) is 5.75 Å². The number of aromatic hydroxyl groups is 1. The molecule has 0 saturated heterocycles. The van der Waals surface area contributed by atoms with Crippen LogP contribution in [0.5, 0.6) is 5.75 Å². The van der Waals surface area contributed by atoms with E-state index in [1.165, 1.54) is 5.56 Å². The van der Waals surface area contributed by atoms with Crippen molar-refractivity contribution in [2.24, 2.45) is 0 Å². The third-order valence-corrected chi connectivity index (χ3v) is 1.03. The second kappa shape index (κ2) is 3.10. The molecule has 1 aromatic rings. The molecule has 2 heteroatoms. The lowest BCUT2D eigenvalue weighted by molar-refractivity contribution is 0.475. The lowest BCUT2D eigenvalue weighted by Gasteiger charge is -1.89. The third-order valence-electron chi connectivity index (χ3n) is 1.03. The van der Waals surface area contributed by atoms with Gasteiger partial charge in [0.2, 0.25) is 0 Å². The second-order valence-corrected chi connectivity index (χ2v) is 1.84. The molecule has 1 aromatic carbocycles.